The number of anilines is 2. The van der Waals surface area contributed by atoms with E-state index >= 15 is 0 Å². The molecule has 4 nitrogen and oxygen atoms in total. The van der Waals surface area contributed by atoms with Crippen molar-refractivity contribution in [3.05, 3.63) is 95.8 Å². The molecular weight excluding hydrogens is 437 g/mol. The summed E-state index contributed by atoms with van der Waals surface area (Å²) in [7, 11) is 0. The third-order valence-corrected chi connectivity index (χ3v) is 7.87. The van der Waals surface area contributed by atoms with Crippen molar-refractivity contribution in [1.82, 2.24) is 4.90 Å². The molecule has 0 unspecified atom stereocenters. The number of para-hydroxylation sites is 1. The van der Waals surface area contributed by atoms with Gasteiger partial charge in [0, 0.05) is 48.7 Å². The normalized spacial score (nSPS) is 23.1. The Kier molecular flexibility index (Phi) is 6.87. The number of nitrogens with zero attached hydrogens (tertiary/aromatic N) is 2. The van der Waals surface area contributed by atoms with E-state index in [9.17, 15) is 9.18 Å². The average Bonchev–Trinajstić information content (AvgIpc) is 2.90. The lowest BCUT2D eigenvalue weighted by Crippen LogP contribution is -2.56. The summed E-state index contributed by atoms with van der Waals surface area (Å²) in [6.45, 7) is 6.44. The van der Waals surface area contributed by atoms with Crippen molar-refractivity contribution in [2.24, 2.45) is 5.92 Å². The first-order valence-corrected chi connectivity index (χ1v) is 12.8. The molecule has 182 valence electrons. The van der Waals surface area contributed by atoms with Crippen LogP contribution in [0.1, 0.15) is 48.5 Å². The van der Waals surface area contributed by atoms with E-state index < -0.39 is 0 Å². The molecule has 0 bridgehead atoms. The van der Waals surface area contributed by atoms with Crippen molar-refractivity contribution in [2.45, 2.75) is 38.1 Å². The number of nitrogens with one attached hydrogen (secondary N) is 1. The fourth-order valence-corrected chi connectivity index (χ4v) is 5.75. The number of hydrogen-bond acceptors (Lipinski definition) is 3. The van der Waals surface area contributed by atoms with Gasteiger partial charge in [-0.2, -0.15) is 0 Å². The molecule has 5 heteroatoms. The fourth-order valence-electron chi connectivity index (χ4n) is 5.75. The Morgan fingerprint density at radius 3 is 2.26 bits per heavy atom. The molecule has 1 saturated heterocycles. The van der Waals surface area contributed by atoms with Gasteiger partial charge in [0.1, 0.15) is 5.82 Å². The van der Waals surface area contributed by atoms with E-state index in [1.165, 1.54) is 48.4 Å². The van der Waals surface area contributed by atoms with Gasteiger partial charge in [-0.25, -0.2) is 4.39 Å². The summed E-state index contributed by atoms with van der Waals surface area (Å²) in [6.07, 6.45) is 4.69. The summed E-state index contributed by atoms with van der Waals surface area (Å²) >= 11 is 0. The van der Waals surface area contributed by atoms with Gasteiger partial charge >= 0.3 is 0 Å². The van der Waals surface area contributed by atoms with Gasteiger partial charge < -0.3 is 10.2 Å². The highest BCUT2D eigenvalue weighted by molar-refractivity contribution is 6.04. The molecular formula is C30H34FN3O. The van der Waals surface area contributed by atoms with Crippen LogP contribution in [0, 0.1) is 11.7 Å². The van der Waals surface area contributed by atoms with Gasteiger partial charge in [0.15, 0.2) is 0 Å². The SMILES string of the molecule is C[C@H]1CC[C@](c2cccc(NC(=O)c3ccc(F)cc3)c2)(N2CCN(c3ccccc3)CC2)CC1. The molecule has 1 N–H and O–H groups in total. The maximum atomic E-state index is 13.3. The Balaban J connectivity index is 1.36. The first-order valence-electron chi connectivity index (χ1n) is 12.8. The summed E-state index contributed by atoms with van der Waals surface area (Å²) < 4.78 is 13.3. The second kappa shape index (κ2) is 10.2. The topological polar surface area (TPSA) is 35.6 Å². The summed E-state index contributed by atoms with van der Waals surface area (Å²) in [5.41, 5.74) is 3.82. The standard InChI is InChI=1S/C30H34FN3O/c1-23-14-16-30(17-15-23,34-20-18-33(19-21-34)28-8-3-2-4-9-28)25-6-5-7-27(22-25)32-29(35)24-10-12-26(31)13-11-24/h2-13,22-23H,14-21H2,1H3,(H,32,35)/t23-,30-. The predicted octanol–water partition coefficient (Wildman–Crippen LogP) is 6.31. The van der Waals surface area contributed by atoms with Crippen LogP contribution in [-0.4, -0.2) is 37.0 Å². The van der Waals surface area contributed by atoms with Crippen LogP contribution in [0.5, 0.6) is 0 Å². The van der Waals surface area contributed by atoms with E-state index in [1.807, 2.05) is 6.07 Å². The molecule has 3 aromatic rings. The molecule has 0 atom stereocenters. The predicted molar refractivity (Wildman–Crippen MR) is 140 cm³/mol. The van der Waals surface area contributed by atoms with Gasteiger partial charge in [0.25, 0.3) is 5.91 Å². The van der Waals surface area contributed by atoms with Gasteiger partial charge in [-0.05, 0) is 85.7 Å². The fraction of sp³-hybridized carbons (Fsp3) is 0.367. The molecule has 35 heavy (non-hydrogen) atoms. The van der Waals surface area contributed by atoms with Crippen molar-refractivity contribution >= 4 is 17.3 Å². The quantitative estimate of drug-likeness (QED) is 0.474. The Hall–Kier alpha value is -3.18. The number of amides is 1. The molecule has 0 spiro atoms. The van der Waals surface area contributed by atoms with E-state index in [2.05, 4.69) is 70.6 Å². The van der Waals surface area contributed by atoms with Gasteiger partial charge in [-0.1, -0.05) is 37.3 Å². The van der Waals surface area contributed by atoms with Crippen molar-refractivity contribution < 1.29 is 9.18 Å². The van der Waals surface area contributed by atoms with Crippen molar-refractivity contribution in [2.75, 3.05) is 36.4 Å². The van der Waals surface area contributed by atoms with Crippen LogP contribution in [0.2, 0.25) is 0 Å². The van der Waals surface area contributed by atoms with Crippen LogP contribution in [-0.2, 0) is 5.54 Å². The lowest BCUT2D eigenvalue weighted by molar-refractivity contribution is 0.0299. The second-order valence-corrected chi connectivity index (χ2v) is 10.1. The number of halogens is 1. The highest BCUT2D eigenvalue weighted by Gasteiger charge is 2.42. The number of benzene rings is 3. The minimum atomic E-state index is -0.343. The van der Waals surface area contributed by atoms with Crippen molar-refractivity contribution in [1.29, 1.82) is 0 Å². The number of carbonyl (C=O) groups excluding carboxylic acids is 1. The minimum Gasteiger partial charge on any atom is -0.369 e. The Morgan fingerprint density at radius 2 is 1.57 bits per heavy atom. The summed E-state index contributed by atoms with van der Waals surface area (Å²) in [4.78, 5) is 17.9. The van der Waals surface area contributed by atoms with E-state index in [0.717, 1.165) is 50.6 Å². The molecule has 1 aliphatic carbocycles. The van der Waals surface area contributed by atoms with Crippen LogP contribution in [0.15, 0.2) is 78.9 Å². The molecule has 0 aromatic heterocycles. The van der Waals surface area contributed by atoms with Crippen LogP contribution >= 0.6 is 0 Å². The molecule has 2 fully saturated rings. The molecule has 0 radical (unpaired) electrons. The van der Waals surface area contributed by atoms with Crippen molar-refractivity contribution in [3.63, 3.8) is 0 Å². The summed E-state index contributed by atoms with van der Waals surface area (Å²) in [5, 5.41) is 3.03. The second-order valence-electron chi connectivity index (χ2n) is 10.1. The highest BCUT2D eigenvalue weighted by Crippen LogP contribution is 2.45. The smallest absolute Gasteiger partial charge is 0.255 e. The zero-order valence-electron chi connectivity index (χ0n) is 20.4. The lowest BCUT2D eigenvalue weighted by Gasteiger charge is -2.51. The zero-order valence-corrected chi connectivity index (χ0v) is 20.4. The van der Waals surface area contributed by atoms with Gasteiger partial charge in [-0.3, -0.25) is 9.69 Å². The lowest BCUT2D eigenvalue weighted by atomic mass is 9.71. The molecule has 1 amide bonds. The Bertz CT molecular complexity index is 1130. The number of hydrogen-bond donors (Lipinski definition) is 1. The van der Waals surface area contributed by atoms with Crippen LogP contribution in [0.25, 0.3) is 0 Å². The maximum absolute atomic E-state index is 13.3. The average molecular weight is 472 g/mol. The van der Waals surface area contributed by atoms with Gasteiger partial charge in [0.2, 0.25) is 0 Å². The molecule has 1 saturated carbocycles. The number of rotatable bonds is 5. The molecule has 5 rings (SSSR count). The van der Waals surface area contributed by atoms with E-state index in [0.29, 0.717) is 5.56 Å². The third-order valence-electron chi connectivity index (χ3n) is 7.87. The minimum absolute atomic E-state index is 0.00803. The number of piperazine rings is 1. The van der Waals surface area contributed by atoms with E-state index in [-0.39, 0.29) is 17.3 Å². The van der Waals surface area contributed by atoms with E-state index in [4.69, 9.17) is 0 Å². The summed E-state index contributed by atoms with van der Waals surface area (Å²) in [5.74, 6) is 0.185. The van der Waals surface area contributed by atoms with Crippen LogP contribution < -0.4 is 10.2 Å². The molecule has 1 aliphatic heterocycles. The Labute approximate surface area is 207 Å². The molecule has 2 aliphatic rings. The van der Waals surface area contributed by atoms with Gasteiger partial charge in [0.05, 0.1) is 0 Å². The van der Waals surface area contributed by atoms with Crippen LogP contribution in [0.4, 0.5) is 15.8 Å². The molecule has 3 aromatic carbocycles. The molecule has 1 heterocycles. The largest absolute Gasteiger partial charge is 0.369 e. The van der Waals surface area contributed by atoms with E-state index in [1.54, 1.807) is 0 Å². The third kappa shape index (κ3) is 5.10. The zero-order chi connectivity index (χ0) is 24.3. The highest BCUT2D eigenvalue weighted by atomic mass is 19.1. The first-order chi connectivity index (χ1) is 17.0. The maximum Gasteiger partial charge on any atom is 0.255 e. The Morgan fingerprint density at radius 1 is 0.886 bits per heavy atom. The summed E-state index contributed by atoms with van der Waals surface area (Å²) in [6, 6.07) is 24.7. The van der Waals surface area contributed by atoms with Crippen LogP contribution in [0.3, 0.4) is 0 Å². The van der Waals surface area contributed by atoms with Gasteiger partial charge in [-0.15, -0.1) is 0 Å². The number of carbonyl (C=O) groups is 1. The van der Waals surface area contributed by atoms with Crippen molar-refractivity contribution in [3.8, 4) is 0 Å². The monoisotopic (exact) mass is 471 g/mol. The first kappa shape index (κ1) is 23.6.